The summed E-state index contributed by atoms with van der Waals surface area (Å²) >= 11 is 1.34. The van der Waals surface area contributed by atoms with Gasteiger partial charge in [0.15, 0.2) is 0 Å². The van der Waals surface area contributed by atoms with Crippen molar-refractivity contribution in [3.8, 4) is 0 Å². The lowest BCUT2D eigenvalue weighted by atomic mass is 9.86. The van der Waals surface area contributed by atoms with Gasteiger partial charge in [-0.3, -0.25) is 4.79 Å². The zero-order chi connectivity index (χ0) is 19.3. The molecular weight excluding hydrogens is 382 g/mol. The molecule has 1 aliphatic carbocycles. The van der Waals surface area contributed by atoms with Gasteiger partial charge in [-0.05, 0) is 43.7 Å². The number of carbonyl (C=O) groups excluding carboxylic acids is 1. The molecule has 1 saturated heterocycles. The van der Waals surface area contributed by atoms with Gasteiger partial charge >= 0.3 is 0 Å². The van der Waals surface area contributed by atoms with E-state index in [0.29, 0.717) is 29.8 Å². The van der Waals surface area contributed by atoms with Crippen molar-refractivity contribution in [2.24, 2.45) is 5.92 Å². The Morgan fingerprint density at radius 3 is 2.59 bits per heavy atom. The molecule has 0 aromatic carbocycles. The number of hydrogen-bond acceptors (Lipinski definition) is 5. The fourth-order valence-corrected chi connectivity index (χ4v) is 5.89. The fraction of sp³-hybridized carbons (Fsp3) is 0.684. The van der Waals surface area contributed by atoms with Gasteiger partial charge in [0.05, 0.1) is 10.8 Å². The second-order valence-electron chi connectivity index (χ2n) is 7.52. The van der Waals surface area contributed by atoms with Crippen molar-refractivity contribution in [2.75, 3.05) is 18.8 Å². The van der Waals surface area contributed by atoms with Crippen molar-refractivity contribution in [1.82, 2.24) is 14.6 Å². The van der Waals surface area contributed by atoms with Crippen LogP contribution in [0, 0.1) is 5.92 Å². The van der Waals surface area contributed by atoms with E-state index in [4.69, 9.17) is 0 Å². The van der Waals surface area contributed by atoms with Gasteiger partial charge in [0, 0.05) is 25.3 Å². The third-order valence-electron chi connectivity index (χ3n) is 5.47. The predicted molar refractivity (Wildman–Crippen MR) is 107 cm³/mol. The maximum Gasteiger partial charge on any atom is 0.244 e. The number of pyridine rings is 1. The molecule has 8 heteroatoms. The van der Waals surface area contributed by atoms with Crippen LogP contribution < -0.4 is 5.32 Å². The average Bonchev–Trinajstić information content (AvgIpc) is 2.69. The maximum atomic E-state index is 12.6. The van der Waals surface area contributed by atoms with E-state index < -0.39 is 10.0 Å². The van der Waals surface area contributed by atoms with Crippen LogP contribution in [0.3, 0.4) is 0 Å². The number of nitrogens with zero attached hydrogens (tertiary/aromatic N) is 2. The molecule has 150 valence electrons. The van der Waals surface area contributed by atoms with Crippen LogP contribution in [0.1, 0.15) is 51.9 Å². The molecule has 0 bridgehead atoms. The van der Waals surface area contributed by atoms with Crippen LogP contribution in [-0.2, 0) is 14.8 Å². The summed E-state index contributed by atoms with van der Waals surface area (Å²) < 4.78 is 26.8. The van der Waals surface area contributed by atoms with Crippen molar-refractivity contribution in [2.45, 2.75) is 67.8 Å². The van der Waals surface area contributed by atoms with Crippen molar-refractivity contribution in [3.05, 3.63) is 18.3 Å². The summed E-state index contributed by atoms with van der Waals surface area (Å²) in [6.07, 6.45) is 8.97. The third-order valence-corrected chi connectivity index (χ3v) is 8.30. The average molecular weight is 412 g/mol. The third kappa shape index (κ3) is 5.45. The summed E-state index contributed by atoms with van der Waals surface area (Å²) in [6, 6.07) is 3.56. The molecule has 0 radical (unpaired) electrons. The van der Waals surface area contributed by atoms with Crippen molar-refractivity contribution >= 4 is 27.7 Å². The molecule has 1 N–H and O–H groups in total. The molecule has 2 fully saturated rings. The van der Waals surface area contributed by atoms with Gasteiger partial charge in [-0.1, -0.05) is 37.9 Å². The van der Waals surface area contributed by atoms with Gasteiger partial charge in [-0.25, -0.2) is 13.4 Å². The van der Waals surface area contributed by atoms with Gasteiger partial charge in [0.25, 0.3) is 0 Å². The summed E-state index contributed by atoms with van der Waals surface area (Å²) in [5.41, 5.74) is 0. The van der Waals surface area contributed by atoms with Crippen LogP contribution in [0.5, 0.6) is 0 Å². The first kappa shape index (κ1) is 20.6. The highest BCUT2D eigenvalue weighted by Gasteiger charge is 2.26. The van der Waals surface area contributed by atoms with Crippen LogP contribution in [0.15, 0.2) is 28.3 Å². The van der Waals surface area contributed by atoms with E-state index in [9.17, 15) is 13.2 Å². The quantitative estimate of drug-likeness (QED) is 0.728. The summed E-state index contributed by atoms with van der Waals surface area (Å²) in [5, 5.41) is 3.79. The van der Waals surface area contributed by atoms with Gasteiger partial charge in [0.1, 0.15) is 4.90 Å². The maximum absolute atomic E-state index is 12.6. The standard InChI is InChI=1S/C19H29N3O3S2/c1-15-7-3-4-8-17(15)21-18(23)14-26-19-10-9-16(13-20-19)27(24,25)22-11-5-2-6-12-22/h9-10,13,15,17H,2-8,11-12,14H2,1H3,(H,21,23)/t15-,17+/m0/s1. The lowest BCUT2D eigenvalue weighted by molar-refractivity contribution is -0.119. The molecule has 1 aromatic rings. The minimum absolute atomic E-state index is 0.0190. The number of sulfonamides is 1. The van der Waals surface area contributed by atoms with E-state index in [1.807, 2.05) is 0 Å². The van der Waals surface area contributed by atoms with Gasteiger partial charge in [0.2, 0.25) is 15.9 Å². The van der Waals surface area contributed by atoms with Crippen LogP contribution in [0.2, 0.25) is 0 Å². The summed E-state index contributed by atoms with van der Waals surface area (Å²) in [7, 11) is -3.45. The minimum atomic E-state index is -3.45. The number of carbonyl (C=O) groups is 1. The molecule has 2 atom stereocenters. The van der Waals surface area contributed by atoms with E-state index in [1.54, 1.807) is 16.4 Å². The minimum Gasteiger partial charge on any atom is -0.352 e. The highest BCUT2D eigenvalue weighted by atomic mass is 32.2. The molecule has 2 aliphatic rings. The number of piperidine rings is 1. The molecular formula is C19H29N3O3S2. The zero-order valence-electron chi connectivity index (χ0n) is 15.9. The molecule has 1 amide bonds. The highest BCUT2D eigenvalue weighted by Crippen LogP contribution is 2.25. The van der Waals surface area contributed by atoms with Crippen LogP contribution in [-0.4, -0.2) is 48.5 Å². The zero-order valence-corrected chi connectivity index (χ0v) is 17.5. The number of hydrogen-bond donors (Lipinski definition) is 1. The lowest BCUT2D eigenvalue weighted by Crippen LogP contribution is -2.41. The van der Waals surface area contributed by atoms with Gasteiger partial charge in [-0.15, -0.1) is 0 Å². The molecule has 3 rings (SSSR count). The highest BCUT2D eigenvalue weighted by molar-refractivity contribution is 7.99. The van der Waals surface area contributed by atoms with E-state index >= 15 is 0 Å². The molecule has 1 aliphatic heterocycles. The summed E-state index contributed by atoms with van der Waals surface area (Å²) in [5.74, 6) is 0.852. The number of nitrogens with one attached hydrogen (secondary N) is 1. The fourth-order valence-electron chi connectivity index (χ4n) is 3.78. The molecule has 1 saturated carbocycles. The summed E-state index contributed by atoms with van der Waals surface area (Å²) in [6.45, 7) is 3.36. The van der Waals surface area contributed by atoms with E-state index in [0.717, 1.165) is 25.7 Å². The number of amides is 1. The molecule has 6 nitrogen and oxygen atoms in total. The lowest BCUT2D eigenvalue weighted by Gasteiger charge is -2.29. The Morgan fingerprint density at radius 1 is 1.19 bits per heavy atom. The molecule has 27 heavy (non-hydrogen) atoms. The number of rotatable bonds is 6. The molecule has 2 heterocycles. The number of aromatic nitrogens is 1. The van der Waals surface area contributed by atoms with Crippen molar-refractivity contribution < 1.29 is 13.2 Å². The van der Waals surface area contributed by atoms with E-state index in [2.05, 4.69) is 17.2 Å². The van der Waals surface area contributed by atoms with Crippen LogP contribution in [0.4, 0.5) is 0 Å². The largest absolute Gasteiger partial charge is 0.352 e. The smallest absolute Gasteiger partial charge is 0.244 e. The molecule has 0 spiro atoms. The van der Waals surface area contributed by atoms with Crippen molar-refractivity contribution in [3.63, 3.8) is 0 Å². The first-order valence-electron chi connectivity index (χ1n) is 9.85. The Kier molecular flexibility index (Phi) is 7.16. The first-order chi connectivity index (χ1) is 13.0. The van der Waals surface area contributed by atoms with Gasteiger partial charge < -0.3 is 5.32 Å². The number of thioether (sulfide) groups is 1. The molecule has 1 aromatic heterocycles. The Hall–Kier alpha value is -1.12. The topological polar surface area (TPSA) is 79.4 Å². The Morgan fingerprint density at radius 2 is 1.93 bits per heavy atom. The van der Waals surface area contributed by atoms with E-state index in [1.165, 1.54) is 37.2 Å². The Balaban J connectivity index is 1.52. The Bertz CT molecular complexity index is 731. The van der Waals surface area contributed by atoms with Crippen LogP contribution >= 0.6 is 11.8 Å². The summed E-state index contributed by atoms with van der Waals surface area (Å²) in [4.78, 5) is 16.7. The second kappa shape index (κ2) is 9.39. The molecule has 0 unspecified atom stereocenters. The van der Waals surface area contributed by atoms with Crippen molar-refractivity contribution in [1.29, 1.82) is 0 Å². The first-order valence-corrected chi connectivity index (χ1v) is 12.3. The SMILES string of the molecule is C[C@H]1CCCC[C@H]1NC(=O)CSc1ccc(S(=O)(=O)N2CCCCC2)cn1. The second-order valence-corrected chi connectivity index (χ2v) is 10.5. The predicted octanol–water partition coefficient (Wildman–Crippen LogP) is 3.04. The normalized spacial score (nSPS) is 24.5. The van der Waals surface area contributed by atoms with Gasteiger partial charge in [-0.2, -0.15) is 4.31 Å². The van der Waals surface area contributed by atoms with Crippen LogP contribution in [0.25, 0.3) is 0 Å². The Labute approximate surface area is 166 Å². The monoisotopic (exact) mass is 411 g/mol. The van der Waals surface area contributed by atoms with E-state index in [-0.39, 0.29) is 16.8 Å².